The number of rotatable bonds is 6. The molecule has 1 aliphatic rings. The third kappa shape index (κ3) is 5.12. The van der Waals surface area contributed by atoms with Gasteiger partial charge < -0.3 is 9.47 Å². The van der Waals surface area contributed by atoms with Crippen molar-refractivity contribution in [2.24, 2.45) is 0 Å². The van der Waals surface area contributed by atoms with Gasteiger partial charge in [0.1, 0.15) is 16.9 Å². The number of benzene rings is 1. The molecule has 1 heterocycles. The predicted molar refractivity (Wildman–Crippen MR) is 99.3 cm³/mol. The largest absolute Gasteiger partial charge is 0.514 e. The fraction of sp³-hybridized carbons (Fsp3) is 0.294. The highest BCUT2D eigenvalue weighted by Crippen LogP contribution is 2.41. The minimum Gasteiger partial charge on any atom is -0.429 e. The molecule has 0 spiro atoms. The lowest BCUT2D eigenvalue weighted by atomic mass is 10.3. The molecule has 0 amide bonds. The van der Waals surface area contributed by atoms with Crippen LogP contribution in [-0.4, -0.2) is 27.4 Å². The standard InChI is InChI=1S/C17H16N2O5S2/c20-17(23-13-9-7-12(8-10-13)19(21)22)24-14-4-3-5-15(14)25-26-16-6-1-2-11-18-16/h1-2,6-11,14-15H,3-5H2/t14-,15+/m0/s1. The molecule has 1 aromatic carbocycles. The van der Waals surface area contributed by atoms with Gasteiger partial charge in [0, 0.05) is 18.3 Å². The van der Waals surface area contributed by atoms with Gasteiger partial charge in [-0.25, -0.2) is 9.78 Å². The van der Waals surface area contributed by atoms with E-state index in [-0.39, 0.29) is 22.8 Å². The van der Waals surface area contributed by atoms with E-state index in [1.165, 1.54) is 24.3 Å². The van der Waals surface area contributed by atoms with Crippen LogP contribution in [0, 0.1) is 10.1 Å². The van der Waals surface area contributed by atoms with Crippen LogP contribution < -0.4 is 4.74 Å². The number of non-ortho nitro benzene ring substituents is 1. The maximum atomic E-state index is 12.0. The summed E-state index contributed by atoms with van der Waals surface area (Å²) < 4.78 is 10.6. The van der Waals surface area contributed by atoms with E-state index < -0.39 is 11.1 Å². The number of ether oxygens (including phenoxy) is 2. The second-order valence-corrected chi connectivity index (χ2v) is 8.04. The van der Waals surface area contributed by atoms with Crippen LogP contribution >= 0.6 is 21.6 Å². The number of hydrogen-bond donors (Lipinski definition) is 0. The molecule has 2 aromatic rings. The van der Waals surface area contributed by atoms with Gasteiger partial charge >= 0.3 is 6.16 Å². The van der Waals surface area contributed by atoms with Crippen molar-refractivity contribution in [1.82, 2.24) is 4.98 Å². The van der Waals surface area contributed by atoms with Gasteiger partial charge in [-0.2, -0.15) is 0 Å². The molecule has 0 aliphatic heterocycles. The second-order valence-electron chi connectivity index (χ2n) is 5.58. The van der Waals surface area contributed by atoms with Crippen molar-refractivity contribution >= 4 is 33.4 Å². The van der Waals surface area contributed by atoms with Gasteiger partial charge in [0.05, 0.1) is 10.2 Å². The van der Waals surface area contributed by atoms with Gasteiger partial charge in [0.15, 0.2) is 0 Å². The Hall–Kier alpha value is -2.26. The first kappa shape index (κ1) is 18.5. The van der Waals surface area contributed by atoms with Gasteiger partial charge in [0.25, 0.3) is 5.69 Å². The van der Waals surface area contributed by atoms with E-state index in [1.807, 2.05) is 18.2 Å². The lowest BCUT2D eigenvalue weighted by Crippen LogP contribution is -2.25. The second kappa shape index (κ2) is 8.91. The third-order valence-corrected chi connectivity index (χ3v) is 6.62. The van der Waals surface area contributed by atoms with E-state index in [0.29, 0.717) is 0 Å². The zero-order chi connectivity index (χ0) is 18.4. The summed E-state index contributed by atoms with van der Waals surface area (Å²) in [6.07, 6.45) is 3.46. The van der Waals surface area contributed by atoms with Crippen LogP contribution in [-0.2, 0) is 4.74 Å². The van der Waals surface area contributed by atoms with Crippen molar-refractivity contribution in [3.8, 4) is 5.75 Å². The van der Waals surface area contributed by atoms with Crippen LogP contribution in [0.3, 0.4) is 0 Å². The summed E-state index contributed by atoms with van der Waals surface area (Å²) in [4.78, 5) is 26.4. The van der Waals surface area contributed by atoms with Crippen LogP contribution in [0.2, 0.25) is 0 Å². The van der Waals surface area contributed by atoms with Crippen molar-refractivity contribution in [2.45, 2.75) is 35.6 Å². The fourth-order valence-corrected chi connectivity index (χ4v) is 5.19. The molecule has 1 aliphatic carbocycles. The molecule has 1 saturated carbocycles. The Morgan fingerprint density at radius 3 is 2.69 bits per heavy atom. The van der Waals surface area contributed by atoms with E-state index in [2.05, 4.69) is 4.98 Å². The van der Waals surface area contributed by atoms with Gasteiger partial charge in [-0.1, -0.05) is 16.9 Å². The summed E-state index contributed by atoms with van der Waals surface area (Å²) in [5, 5.41) is 11.7. The highest BCUT2D eigenvalue weighted by molar-refractivity contribution is 8.76. The van der Waals surface area contributed by atoms with E-state index in [0.717, 1.165) is 24.3 Å². The molecule has 0 N–H and O–H groups in total. The van der Waals surface area contributed by atoms with Gasteiger partial charge in [-0.15, -0.1) is 0 Å². The summed E-state index contributed by atoms with van der Waals surface area (Å²) in [5.74, 6) is 0.214. The number of pyridine rings is 1. The Morgan fingerprint density at radius 1 is 1.19 bits per heavy atom. The molecule has 0 radical (unpaired) electrons. The maximum absolute atomic E-state index is 12.0. The summed E-state index contributed by atoms with van der Waals surface area (Å²) >= 11 is 0. The van der Waals surface area contributed by atoms with Gasteiger partial charge in [-0.3, -0.25) is 10.1 Å². The normalized spacial score (nSPS) is 19.1. The summed E-state index contributed by atoms with van der Waals surface area (Å²) in [7, 11) is 3.21. The number of hydrogen-bond acceptors (Lipinski definition) is 8. The molecule has 1 aromatic heterocycles. The smallest absolute Gasteiger partial charge is 0.429 e. The molecule has 7 nitrogen and oxygen atoms in total. The summed E-state index contributed by atoms with van der Waals surface area (Å²) in [5.41, 5.74) is -0.0653. The molecule has 0 unspecified atom stereocenters. The molecule has 2 atom stereocenters. The summed E-state index contributed by atoms with van der Waals surface area (Å²) in [6, 6.07) is 11.0. The molecular formula is C17H16N2O5S2. The first-order valence-electron chi connectivity index (χ1n) is 7.99. The number of nitrogens with zero attached hydrogens (tertiary/aromatic N) is 2. The Balaban J connectivity index is 1.50. The van der Waals surface area contributed by atoms with E-state index in [1.54, 1.807) is 27.8 Å². The highest BCUT2D eigenvalue weighted by atomic mass is 33.1. The number of carbonyl (C=O) groups is 1. The minimum atomic E-state index is -0.792. The average Bonchev–Trinajstić information content (AvgIpc) is 3.08. The van der Waals surface area contributed by atoms with Crippen LogP contribution in [0.1, 0.15) is 19.3 Å². The Labute approximate surface area is 158 Å². The maximum Gasteiger partial charge on any atom is 0.514 e. The van der Waals surface area contributed by atoms with E-state index in [4.69, 9.17) is 9.47 Å². The number of aromatic nitrogens is 1. The van der Waals surface area contributed by atoms with Crippen LogP contribution in [0.25, 0.3) is 0 Å². The van der Waals surface area contributed by atoms with Crippen molar-refractivity contribution in [3.63, 3.8) is 0 Å². The molecule has 136 valence electrons. The highest BCUT2D eigenvalue weighted by Gasteiger charge is 2.32. The zero-order valence-electron chi connectivity index (χ0n) is 13.6. The van der Waals surface area contributed by atoms with Crippen LogP contribution in [0.5, 0.6) is 5.75 Å². The lowest BCUT2D eigenvalue weighted by molar-refractivity contribution is -0.384. The fourth-order valence-electron chi connectivity index (χ4n) is 2.52. The predicted octanol–water partition coefficient (Wildman–Crippen LogP) is 4.87. The first-order valence-corrected chi connectivity index (χ1v) is 10.2. The third-order valence-electron chi connectivity index (χ3n) is 3.78. The van der Waals surface area contributed by atoms with Gasteiger partial charge in [0.2, 0.25) is 0 Å². The average molecular weight is 392 g/mol. The van der Waals surface area contributed by atoms with Crippen molar-refractivity contribution < 1.29 is 19.2 Å². The van der Waals surface area contributed by atoms with Crippen molar-refractivity contribution in [3.05, 3.63) is 58.8 Å². The Bertz CT molecular complexity index is 758. The first-order chi connectivity index (χ1) is 12.6. The number of nitro groups is 1. The van der Waals surface area contributed by atoms with Crippen molar-refractivity contribution in [2.75, 3.05) is 0 Å². The molecule has 26 heavy (non-hydrogen) atoms. The molecule has 3 rings (SSSR count). The van der Waals surface area contributed by atoms with E-state index >= 15 is 0 Å². The topological polar surface area (TPSA) is 91.6 Å². The van der Waals surface area contributed by atoms with E-state index in [9.17, 15) is 14.9 Å². The minimum absolute atomic E-state index is 0.0653. The Kier molecular flexibility index (Phi) is 6.35. The monoisotopic (exact) mass is 392 g/mol. The quantitative estimate of drug-likeness (QED) is 0.226. The van der Waals surface area contributed by atoms with Crippen LogP contribution in [0.15, 0.2) is 53.7 Å². The lowest BCUT2D eigenvalue weighted by Gasteiger charge is -2.18. The molecular weight excluding hydrogens is 376 g/mol. The van der Waals surface area contributed by atoms with Gasteiger partial charge in [-0.05, 0) is 54.3 Å². The van der Waals surface area contributed by atoms with Crippen LogP contribution in [0.4, 0.5) is 10.5 Å². The molecule has 0 bridgehead atoms. The SMILES string of the molecule is O=C(Oc1ccc([N+](=O)[O-])cc1)O[C@H]1CCC[C@H]1SSc1ccccn1. The molecule has 1 fully saturated rings. The molecule has 0 saturated heterocycles. The number of nitro benzene ring substituents is 1. The molecule has 9 heteroatoms. The summed E-state index contributed by atoms with van der Waals surface area (Å²) in [6.45, 7) is 0. The number of carbonyl (C=O) groups excluding carboxylic acids is 1. The zero-order valence-corrected chi connectivity index (χ0v) is 15.3. The van der Waals surface area contributed by atoms with Crippen molar-refractivity contribution in [1.29, 1.82) is 0 Å². The Morgan fingerprint density at radius 2 is 2.00 bits per heavy atom.